The van der Waals surface area contributed by atoms with Crippen molar-refractivity contribution in [2.24, 2.45) is 0 Å². The molecule has 0 atom stereocenters. The van der Waals surface area contributed by atoms with Gasteiger partial charge >= 0.3 is 0 Å². The molecule has 0 saturated carbocycles. The van der Waals surface area contributed by atoms with Gasteiger partial charge in [-0.15, -0.1) is 23.0 Å². The van der Waals surface area contributed by atoms with Gasteiger partial charge in [0.15, 0.2) is 3.95 Å². The molecule has 0 aliphatic carbocycles. The van der Waals surface area contributed by atoms with Gasteiger partial charge in [0, 0.05) is 6.54 Å². The van der Waals surface area contributed by atoms with Crippen molar-refractivity contribution in [2.75, 3.05) is 18.9 Å². The molecule has 0 amide bonds. The molecule has 0 saturated heterocycles. The fraction of sp³-hybridized carbons (Fsp3) is 0.267. The van der Waals surface area contributed by atoms with Crippen molar-refractivity contribution in [3.05, 3.63) is 45.9 Å². The Bertz CT molecular complexity index is 830. The summed E-state index contributed by atoms with van der Waals surface area (Å²) < 4.78 is 3.81. The van der Waals surface area contributed by atoms with Crippen molar-refractivity contribution in [3.63, 3.8) is 0 Å². The van der Waals surface area contributed by atoms with Crippen LogP contribution < -0.4 is 5.32 Å². The van der Waals surface area contributed by atoms with Crippen molar-refractivity contribution in [1.29, 1.82) is 0 Å². The van der Waals surface area contributed by atoms with Crippen LogP contribution in [0.5, 0.6) is 0 Å². The number of para-hydroxylation sites is 1. The van der Waals surface area contributed by atoms with E-state index in [9.17, 15) is 0 Å². The minimum absolute atomic E-state index is 0.640. The first-order chi connectivity index (χ1) is 11.2. The van der Waals surface area contributed by atoms with E-state index in [1.807, 2.05) is 29.9 Å². The second-order valence-electron chi connectivity index (χ2n) is 5.07. The van der Waals surface area contributed by atoms with Crippen LogP contribution in [0.3, 0.4) is 0 Å². The van der Waals surface area contributed by atoms with Crippen LogP contribution in [0.1, 0.15) is 5.01 Å². The van der Waals surface area contributed by atoms with E-state index in [2.05, 4.69) is 32.9 Å². The zero-order valence-electron chi connectivity index (χ0n) is 12.7. The largest absolute Gasteiger partial charge is 0.357 e. The Hall–Kier alpha value is -1.61. The van der Waals surface area contributed by atoms with Crippen molar-refractivity contribution in [1.82, 2.24) is 19.7 Å². The molecule has 23 heavy (non-hydrogen) atoms. The summed E-state index contributed by atoms with van der Waals surface area (Å²) in [4.78, 5) is 6.82. The average Bonchev–Trinajstić information content (AvgIpc) is 3.08. The number of nitrogens with one attached hydrogen (secondary N) is 1. The number of hydrogen-bond donors (Lipinski definition) is 1. The highest BCUT2D eigenvalue weighted by atomic mass is 32.1. The Balaban J connectivity index is 1.66. The number of hydrogen-bond acceptors (Lipinski definition) is 7. The van der Waals surface area contributed by atoms with Crippen LogP contribution in [0, 0.1) is 3.95 Å². The quantitative estimate of drug-likeness (QED) is 0.508. The van der Waals surface area contributed by atoms with Gasteiger partial charge in [0.25, 0.3) is 0 Å². The molecule has 0 radical (unpaired) electrons. The van der Waals surface area contributed by atoms with Gasteiger partial charge in [0.1, 0.15) is 5.01 Å². The van der Waals surface area contributed by atoms with Gasteiger partial charge in [-0.2, -0.15) is 0 Å². The summed E-state index contributed by atoms with van der Waals surface area (Å²) >= 11 is 8.57. The number of rotatable bonds is 7. The summed E-state index contributed by atoms with van der Waals surface area (Å²) in [5.41, 5.74) is 1.06. The number of benzene rings is 1. The summed E-state index contributed by atoms with van der Waals surface area (Å²) in [6.45, 7) is 5.78. The minimum Gasteiger partial charge on any atom is -0.357 e. The van der Waals surface area contributed by atoms with Crippen molar-refractivity contribution in [3.8, 4) is 0 Å². The Morgan fingerprint density at radius 1 is 1.39 bits per heavy atom. The van der Waals surface area contributed by atoms with Crippen LogP contribution in [0.4, 0.5) is 5.13 Å². The van der Waals surface area contributed by atoms with Crippen molar-refractivity contribution in [2.45, 2.75) is 13.2 Å². The van der Waals surface area contributed by atoms with Crippen LogP contribution in [0.2, 0.25) is 0 Å². The molecule has 0 bridgehead atoms. The number of nitrogens with zero attached hydrogens (tertiary/aromatic N) is 4. The lowest BCUT2D eigenvalue weighted by Gasteiger charge is -2.14. The maximum Gasteiger partial charge on any atom is 0.204 e. The van der Waals surface area contributed by atoms with Gasteiger partial charge in [0.05, 0.1) is 23.4 Å². The topological polar surface area (TPSA) is 46.0 Å². The molecular weight excluding hydrogens is 346 g/mol. The molecule has 3 aromatic rings. The molecule has 0 aliphatic heterocycles. The Kier molecular flexibility index (Phi) is 5.16. The highest BCUT2D eigenvalue weighted by Crippen LogP contribution is 2.22. The summed E-state index contributed by atoms with van der Waals surface area (Å²) in [5.74, 6) is 0. The van der Waals surface area contributed by atoms with E-state index >= 15 is 0 Å². The molecule has 1 aromatic carbocycles. The maximum atomic E-state index is 5.37. The molecule has 120 valence electrons. The van der Waals surface area contributed by atoms with Gasteiger partial charge < -0.3 is 5.32 Å². The smallest absolute Gasteiger partial charge is 0.204 e. The fourth-order valence-corrected chi connectivity index (χ4v) is 4.17. The predicted octanol–water partition coefficient (Wildman–Crippen LogP) is 3.97. The third-order valence-electron chi connectivity index (χ3n) is 3.12. The molecule has 2 aromatic heterocycles. The van der Waals surface area contributed by atoms with E-state index in [1.54, 1.807) is 17.4 Å². The molecule has 3 rings (SSSR count). The molecule has 0 unspecified atom stereocenters. The third kappa shape index (κ3) is 4.03. The average molecular weight is 364 g/mol. The third-order valence-corrected chi connectivity index (χ3v) is 5.41. The number of anilines is 1. The molecule has 0 aliphatic rings. The predicted molar refractivity (Wildman–Crippen MR) is 101 cm³/mol. The normalized spacial score (nSPS) is 11.2. The highest BCUT2D eigenvalue weighted by molar-refractivity contribution is 7.73. The fourth-order valence-electron chi connectivity index (χ4n) is 2.12. The van der Waals surface area contributed by atoms with Crippen LogP contribution in [-0.2, 0) is 13.2 Å². The molecule has 2 heterocycles. The van der Waals surface area contributed by atoms with E-state index in [1.165, 1.54) is 16.0 Å². The van der Waals surface area contributed by atoms with Crippen LogP contribution in [0.25, 0.3) is 10.2 Å². The monoisotopic (exact) mass is 363 g/mol. The van der Waals surface area contributed by atoms with Crippen molar-refractivity contribution >= 4 is 50.2 Å². The first-order valence-corrected chi connectivity index (χ1v) is 9.15. The maximum absolute atomic E-state index is 5.37. The Labute approximate surface area is 147 Å². The van der Waals surface area contributed by atoms with Gasteiger partial charge in [0.2, 0.25) is 5.13 Å². The Morgan fingerprint density at radius 2 is 2.22 bits per heavy atom. The van der Waals surface area contributed by atoms with E-state index < -0.39 is 0 Å². The zero-order chi connectivity index (χ0) is 16.2. The number of thiazole rings is 1. The molecule has 5 nitrogen and oxygen atoms in total. The summed E-state index contributed by atoms with van der Waals surface area (Å²) in [6.07, 6.45) is 1.80. The van der Waals surface area contributed by atoms with E-state index in [0.29, 0.717) is 13.2 Å². The van der Waals surface area contributed by atoms with Gasteiger partial charge in [-0.25, -0.2) is 9.67 Å². The lowest BCUT2D eigenvalue weighted by Crippen LogP contribution is -2.22. The SMILES string of the molecule is C=CCNc1nn(CN(C)Cc2nc3ccccc3s2)c(=S)s1. The van der Waals surface area contributed by atoms with Crippen LogP contribution in [0.15, 0.2) is 36.9 Å². The van der Waals surface area contributed by atoms with Crippen LogP contribution >= 0.6 is 34.9 Å². The first-order valence-electron chi connectivity index (χ1n) is 7.11. The van der Waals surface area contributed by atoms with Gasteiger partial charge in [-0.1, -0.05) is 29.5 Å². The zero-order valence-corrected chi connectivity index (χ0v) is 15.2. The second-order valence-corrected chi connectivity index (χ2v) is 7.81. The minimum atomic E-state index is 0.640. The summed E-state index contributed by atoms with van der Waals surface area (Å²) in [6, 6.07) is 8.20. The van der Waals surface area contributed by atoms with E-state index in [4.69, 9.17) is 12.2 Å². The number of aromatic nitrogens is 3. The second kappa shape index (κ2) is 7.31. The van der Waals surface area contributed by atoms with Gasteiger partial charge in [-0.05, 0) is 31.4 Å². The lowest BCUT2D eigenvalue weighted by molar-refractivity contribution is 0.245. The van der Waals surface area contributed by atoms with Crippen LogP contribution in [-0.4, -0.2) is 33.3 Å². The van der Waals surface area contributed by atoms with E-state index in [-0.39, 0.29) is 0 Å². The molecule has 1 N–H and O–H groups in total. The Morgan fingerprint density at radius 3 is 3.00 bits per heavy atom. The van der Waals surface area contributed by atoms with Crippen molar-refractivity contribution < 1.29 is 0 Å². The molecule has 0 fully saturated rings. The summed E-state index contributed by atoms with van der Waals surface area (Å²) in [7, 11) is 2.05. The molecule has 0 spiro atoms. The highest BCUT2D eigenvalue weighted by Gasteiger charge is 2.09. The number of fused-ring (bicyclic) bond motifs is 1. The standard InChI is InChI=1S/C15H17N5S3/c1-3-8-16-14-18-20(15(21)23-14)10-19(2)9-13-17-11-6-4-5-7-12(11)22-13/h3-7H,1,8-10H2,2H3,(H,16,18). The first kappa shape index (κ1) is 16.3. The summed E-state index contributed by atoms with van der Waals surface area (Å²) in [5, 5.41) is 9.57. The van der Waals surface area contributed by atoms with Gasteiger partial charge in [-0.3, -0.25) is 4.90 Å². The molecular formula is C15H17N5S3. The lowest BCUT2D eigenvalue weighted by atomic mass is 10.3. The molecule has 8 heteroatoms. The van der Waals surface area contributed by atoms with E-state index in [0.717, 1.165) is 26.2 Å².